The Morgan fingerprint density at radius 2 is 1.71 bits per heavy atom. The molecule has 0 atom stereocenters. The summed E-state index contributed by atoms with van der Waals surface area (Å²) in [4.78, 5) is 18.5. The van der Waals surface area contributed by atoms with Gasteiger partial charge in [0.05, 0.1) is 0 Å². The first-order valence-electron chi connectivity index (χ1n) is 9.60. The molecule has 1 aromatic carbocycles. The van der Waals surface area contributed by atoms with Crippen LogP contribution in [0.2, 0.25) is 5.02 Å². The summed E-state index contributed by atoms with van der Waals surface area (Å²) in [7, 11) is 0. The van der Waals surface area contributed by atoms with Crippen molar-refractivity contribution in [3.8, 4) is 5.75 Å². The second-order valence-electron chi connectivity index (χ2n) is 6.53. The molecule has 0 unspecified atom stereocenters. The van der Waals surface area contributed by atoms with Crippen LogP contribution in [0.1, 0.15) is 13.8 Å². The van der Waals surface area contributed by atoms with Gasteiger partial charge in [-0.25, -0.2) is 0 Å². The zero-order valence-corrected chi connectivity index (χ0v) is 17.1. The average molecular weight is 404 g/mol. The summed E-state index contributed by atoms with van der Waals surface area (Å²) in [6, 6.07) is 11.0. The molecule has 0 saturated carbocycles. The second-order valence-corrected chi connectivity index (χ2v) is 6.97. The lowest BCUT2D eigenvalue weighted by Crippen LogP contribution is -2.50. The Bertz CT molecular complexity index is 757. The molecule has 1 aliphatic rings. The summed E-state index contributed by atoms with van der Waals surface area (Å²) in [5, 5.41) is 9.35. The molecule has 1 saturated heterocycles. The van der Waals surface area contributed by atoms with Crippen molar-refractivity contribution in [1.82, 2.24) is 15.1 Å². The maximum Gasteiger partial charge on any atom is 0.260 e. The first kappa shape index (κ1) is 20.2. The summed E-state index contributed by atoms with van der Waals surface area (Å²) < 4.78 is 5.55. The zero-order valence-electron chi connectivity index (χ0n) is 16.3. The second kappa shape index (κ2) is 9.59. The Labute approximate surface area is 170 Å². The molecule has 1 aromatic heterocycles. The molecule has 2 aromatic rings. The number of hydrogen-bond donors (Lipinski definition) is 0. The van der Waals surface area contributed by atoms with Crippen LogP contribution in [0.5, 0.6) is 5.75 Å². The highest BCUT2D eigenvalue weighted by Crippen LogP contribution is 2.18. The van der Waals surface area contributed by atoms with Gasteiger partial charge in [-0.15, -0.1) is 10.2 Å². The van der Waals surface area contributed by atoms with Gasteiger partial charge in [0.25, 0.3) is 5.91 Å². The predicted molar refractivity (Wildman–Crippen MR) is 111 cm³/mol. The maximum atomic E-state index is 12.4. The minimum Gasteiger partial charge on any atom is -0.484 e. The molecule has 0 N–H and O–H groups in total. The van der Waals surface area contributed by atoms with E-state index in [0.717, 1.165) is 37.8 Å². The van der Waals surface area contributed by atoms with Gasteiger partial charge in [0.1, 0.15) is 5.75 Å². The Morgan fingerprint density at radius 1 is 1.04 bits per heavy atom. The first-order chi connectivity index (χ1) is 13.6. The third-order valence-corrected chi connectivity index (χ3v) is 5.11. The molecule has 0 bridgehead atoms. The van der Waals surface area contributed by atoms with Crippen molar-refractivity contribution in [2.24, 2.45) is 0 Å². The summed E-state index contributed by atoms with van der Waals surface area (Å²) in [5.41, 5.74) is 0. The summed E-state index contributed by atoms with van der Waals surface area (Å²) in [6.07, 6.45) is 0. The van der Waals surface area contributed by atoms with E-state index >= 15 is 0 Å². The van der Waals surface area contributed by atoms with E-state index in [1.807, 2.05) is 17.0 Å². The van der Waals surface area contributed by atoms with Crippen LogP contribution in [0.15, 0.2) is 36.4 Å². The molecule has 0 aliphatic carbocycles. The molecule has 7 nitrogen and oxygen atoms in total. The molecular formula is C20H26ClN5O2. The standard InChI is InChI=1S/C20H26ClN5O2/c1-3-24(4-2)18-9-10-19(23-22-18)25-11-13-26(14-12-25)20(27)15-28-17-7-5-16(21)6-8-17/h5-10H,3-4,11-15H2,1-2H3. The number of aromatic nitrogens is 2. The van der Waals surface area contributed by atoms with Crippen LogP contribution in [-0.4, -0.2) is 66.9 Å². The lowest BCUT2D eigenvalue weighted by molar-refractivity contribution is -0.133. The number of halogens is 1. The van der Waals surface area contributed by atoms with E-state index < -0.39 is 0 Å². The highest BCUT2D eigenvalue weighted by Gasteiger charge is 2.22. The van der Waals surface area contributed by atoms with E-state index in [1.54, 1.807) is 24.3 Å². The molecule has 1 aliphatic heterocycles. The van der Waals surface area contributed by atoms with Crippen LogP contribution in [0.3, 0.4) is 0 Å². The molecule has 3 rings (SSSR count). The van der Waals surface area contributed by atoms with Crippen molar-refractivity contribution < 1.29 is 9.53 Å². The fraction of sp³-hybridized carbons (Fsp3) is 0.450. The first-order valence-corrected chi connectivity index (χ1v) is 9.98. The fourth-order valence-corrected chi connectivity index (χ4v) is 3.28. The number of carbonyl (C=O) groups excluding carboxylic acids is 1. The van der Waals surface area contributed by atoms with Gasteiger partial charge in [0, 0.05) is 44.3 Å². The number of benzene rings is 1. The van der Waals surface area contributed by atoms with Crippen LogP contribution in [0.25, 0.3) is 0 Å². The van der Waals surface area contributed by atoms with Crippen molar-refractivity contribution in [3.05, 3.63) is 41.4 Å². The number of piperazine rings is 1. The smallest absolute Gasteiger partial charge is 0.260 e. The number of rotatable bonds is 7. The van der Waals surface area contributed by atoms with E-state index in [4.69, 9.17) is 16.3 Å². The van der Waals surface area contributed by atoms with E-state index in [-0.39, 0.29) is 12.5 Å². The zero-order chi connectivity index (χ0) is 19.9. The summed E-state index contributed by atoms with van der Waals surface area (Å²) in [6.45, 7) is 8.79. The quantitative estimate of drug-likeness (QED) is 0.708. The van der Waals surface area contributed by atoms with Crippen molar-refractivity contribution in [2.75, 3.05) is 55.7 Å². The van der Waals surface area contributed by atoms with Gasteiger partial charge in [0.2, 0.25) is 0 Å². The number of anilines is 2. The van der Waals surface area contributed by atoms with E-state index in [1.165, 1.54) is 0 Å². The maximum absolute atomic E-state index is 12.4. The van der Waals surface area contributed by atoms with Crippen LogP contribution < -0.4 is 14.5 Å². The number of carbonyl (C=O) groups is 1. The number of amides is 1. The Kier molecular flexibility index (Phi) is 6.92. The molecule has 1 amide bonds. The minimum atomic E-state index is -0.0161. The lowest BCUT2D eigenvalue weighted by Gasteiger charge is -2.35. The van der Waals surface area contributed by atoms with Crippen molar-refractivity contribution in [3.63, 3.8) is 0 Å². The van der Waals surface area contributed by atoms with Crippen LogP contribution in [0.4, 0.5) is 11.6 Å². The SMILES string of the molecule is CCN(CC)c1ccc(N2CCN(C(=O)COc3ccc(Cl)cc3)CC2)nn1. The van der Waals surface area contributed by atoms with Gasteiger partial charge in [-0.2, -0.15) is 0 Å². The monoisotopic (exact) mass is 403 g/mol. The van der Waals surface area contributed by atoms with Gasteiger partial charge in [-0.3, -0.25) is 4.79 Å². The van der Waals surface area contributed by atoms with Gasteiger partial charge >= 0.3 is 0 Å². The molecular weight excluding hydrogens is 378 g/mol. The minimum absolute atomic E-state index is 0.0161. The highest BCUT2D eigenvalue weighted by atomic mass is 35.5. The number of nitrogens with zero attached hydrogens (tertiary/aromatic N) is 5. The molecule has 0 spiro atoms. The van der Waals surface area contributed by atoms with E-state index in [0.29, 0.717) is 23.9 Å². The molecule has 8 heteroatoms. The molecule has 28 heavy (non-hydrogen) atoms. The Morgan fingerprint density at radius 3 is 2.29 bits per heavy atom. The number of hydrogen-bond acceptors (Lipinski definition) is 6. The van der Waals surface area contributed by atoms with Crippen LogP contribution in [-0.2, 0) is 4.79 Å². The predicted octanol–water partition coefficient (Wildman–Crippen LogP) is 2.70. The van der Waals surface area contributed by atoms with Gasteiger partial charge < -0.3 is 19.4 Å². The Balaban J connectivity index is 1.48. The van der Waals surface area contributed by atoms with Gasteiger partial charge in [-0.05, 0) is 50.2 Å². The molecule has 0 radical (unpaired) electrons. The molecule has 1 fully saturated rings. The number of ether oxygens (including phenoxy) is 1. The largest absolute Gasteiger partial charge is 0.484 e. The summed E-state index contributed by atoms with van der Waals surface area (Å²) in [5.74, 6) is 2.36. The average Bonchev–Trinajstić information content (AvgIpc) is 2.75. The highest BCUT2D eigenvalue weighted by molar-refractivity contribution is 6.30. The Hall–Kier alpha value is -2.54. The van der Waals surface area contributed by atoms with Gasteiger partial charge in [-0.1, -0.05) is 11.6 Å². The third kappa shape index (κ3) is 5.04. The van der Waals surface area contributed by atoms with Crippen LogP contribution >= 0.6 is 11.6 Å². The van der Waals surface area contributed by atoms with Gasteiger partial charge in [0.15, 0.2) is 18.2 Å². The van der Waals surface area contributed by atoms with Crippen molar-refractivity contribution in [2.45, 2.75) is 13.8 Å². The molecule has 2 heterocycles. The summed E-state index contributed by atoms with van der Waals surface area (Å²) >= 11 is 5.85. The third-order valence-electron chi connectivity index (χ3n) is 4.86. The van der Waals surface area contributed by atoms with E-state index in [9.17, 15) is 4.79 Å². The van der Waals surface area contributed by atoms with E-state index in [2.05, 4.69) is 33.8 Å². The van der Waals surface area contributed by atoms with Crippen molar-refractivity contribution >= 4 is 29.1 Å². The normalized spacial score (nSPS) is 14.1. The van der Waals surface area contributed by atoms with Crippen molar-refractivity contribution in [1.29, 1.82) is 0 Å². The topological polar surface area (TPSA) is 61.8 Å². The molecule has 150 valence electrons. The van der Waals surface area contributed by atoms with Crippen LogP contribution in [0, 0.1) is 0 Å². The lowest BCUT2D eigenvalue weighted by atomic mass is 10.3. The fourth-order valence-electron chi connectivity index (χ4n) is 3.16.